The SMILES string of the molecule is CCCC(C)c1ccc(-c2ccc(N)cc2)cc1. The largest absolute Gasteiger partial charge is 0.399 e. The zero-order valence-electron chi connectivity index (χ0n) is 11.2. The van der Waals surface area contributed by atoms with Crippen LogP contribution < -0.4 is 5.73 Å². The Morgan fingerprint density at radius 2 is 1.39 bits per heavy atom. The predicted molar refractivity (Wildman–Crippen MR) is 79.6 cm³/mol. The standard InChI is InChI=1S/C17H21N/c1-3-4-13(2)14-5-7-15(8-6-14)16-9-11-17(18)12-10-16/h5-13H,3-4,18H2,1-2H3. The van der Waals surface area contributed by atoms with E-state index in [2.05, 4.69) is 50.2 Å². The zero-order chi connectivity index (χ0) is 13.0. The van der Waals surface area contributed by atoms with Crippen LogP contribution in [-0.2, 0) is 0 Å². The summed E-state index contributed by atoms with van der Waals surface area (Å²) in [5.74, 6) is 0.649. The van der Waals surface area contributed by atoms with Gasteiger partial charge in [0.05, 0.1) is 0 Å². The van der Waals surface area contributed by atoms with Crippen molar-refractivity contribution in [3.63, 3.8) is 0 Å². The second kappa shape index (κ2) is 5.72. The van der Waals surface area contributed by atoms with Crippen molar-refractivity contribution in [2.24, 2.45) is 0 Å². The molecule has 2 aromatic rings. The van der Waals surface area contributed by atoms with Crippen LogP contribution in [0.25, 0.3) is 11.1 Å². The molecule has 0 saturated heterocycles. The fourth-order valence-corrected chi connectivity index (χ4v) is 2.28. The summed E-state index contributed by atoms with van der Waals surface area (Å²) in [4.78, 5) is 0. The van der Waals surface area contributed by atoms with Crippen LogP contribution in [0.15, 0.2) is 48.5 Å². The quantitative estimate of drug-likeness (QED) is 0.759. The van der Waals surface area contributed by atoms with Crippen LogP contribution in [0.1, 0.15) is 38.2 Å². The number of hydrogen-bond donors (Lipinski definition) is 1. The maximum absolute atomic E-state index is 5.70. The molecule has 0 aliphatic heterocycles. The molecule has 0 spiro atoms. The molecule has 18 heavy (non-hydrogen) atoms. The zero-order valence-corrected chi connectivity index (χ0v) is 11.2. The monoisotopic (exact) mass is 239 g/mol. The summed E-state index contributed by atoms with van der Waals surface area (Å²) in [5.41, 5.74) is 10.4. The molecule has 2 aromatic carbocycles. The van der Waals surface area contributed by atoms with E-state index in [9.17, 15) is 0 Å². The lowest BCUT2D eigenvalue weighted by atomic mass is 9.94. The van der Waals surface area contributed by atoms with Gasteiger partial charge in [0.25, 0.3) is 0 Å². The second-order valence-corrected chi connectivity index (χ2v) is 4.93. The van der Waals surface area contributed by atoms with Crippen molar-refractivity contribution in [3.05, 3.63) is 54.1 Å². The number of benzene rings is 2. The molecular weight excluding hydrogens is 218 g/mol. The van der Waals surface area contributed by atoms with Gasteiger partial charge in [0.1, 0.15) is 0 Å². The Hall–Kier alpha value is -1.76. The molecule has 0 heterocycles. The summed E-state index contributed by atoms with van der Waals surface area (Å²) in [6.07, 6.45) is 2.49. The minimum Gasteiger partial charge on any atom is -0.399 e. The van der Waals surface area contributed by atoms with E-state index in [0.717, 1.165) is 5.69 Å². The van der Waals surface area contributed by atoms with Crippen LogP contribution in [0.2, 0.25) is 0 Å². The third kappa shape index (κ3) is 2.92. The van der Waals surface area contributed by atoms with Crippen LogP contribution >= 0.6 is 0 Å². The first-order valence-electron chi connectivity index (χ1n) is 6.66. The van der Waals surface area contributed by atoms with Gasteiger partial charge in [0, 0.05) is 5.69 Å². The molecule has 0 amide bonds. The summed E-state index contributed by atoms with van der Waals surface area (Å²) < 4.78 is 0. The minimum atomic E-state index is 0.649. The normalized spacial score (nSPS) is 12.3. The highest BCUT2D eigenvalue weighted by Crippen LogP contribution is 2.25. The van der Waals surface area contributed by atoms with E-state index in [1.807, 2.05) is 12.1 Å². The molecule has 1 heteroatoms. The van der Waals surface area contributed by atoms with Gasteiger partial charge in [-0.05, 0) is 41.2 Å². The van der Waals surface area contributed by atoms with Crippen molar-refractivity contribution < 1.29 is 0 Å². The first-order chi connectivity index (χ1) is 8.70. The molecule has 0 aromatic heterocycles. The van der Waals surface area contributed by atoms with Crippen molar-refractivity contribution in [3.8, 4) is 11.1 Å². The summed E-state index contributed by atoms with van der Waals surface area (Å²) in [6.45, 7) is 4.53. The van der Waals surface area contributed by atoms with Gasteiger partial charge < -0.3 is 5.73 Å². The maximum Gasteiger partial charge on any atom is 0.0314 e. The van der Waals surface area contributed by atoms with E-state index >= 15 is 0 Å². The number of anilines is 1. The average molecular weight is 239 g/mol. The molecule has 1 nitrogen and oxygen atoms in total. The molecule has 2 N–H and O–H groups in total. The first kappa shape index (κ1) is 12.7. The van der Waals surface area contributed by atoms with Crippen molar-refractivity contribution >= 4 is 5.69 Å². The molecule has 2 rings (SSSR count). The molecule has 0 aliphatic rings. The highest BCUT2D eigenvalue weighted by atomic mass is 14.5. The third-order valence-electron chi connectivity index (χ3n) is 3.45. The Balaban J connectivity index is 2.19. The lowest BCUT2D eigenvalue weighted by Gasteiger charge is -2.11. The average Bonchev–Trinajstić information content (AvgIpc) is 2.40. The Kier molecular flexibility index (Phi) is 4.03. The Bertz CT molecular complexity index is 482. The van der Waals surface area contributed by atoms with Crippen LogP contribution in [0.5, 0.6) is 0 Å². The van der Waals surface area contributed by atoms with E-state index in [4.69, 9.17) is 5.73 Å². The fourth-order valence-electron chi connectivity index (χ4n) is 2.28. The van der Waals surface area contributed by atoms with Gasteiger partial charge in [0.2, 0.25) is 0 Å². The fraction of sp³-hybridized carbons (Fsp3) is 0.294. The summed E-state index contributed by atoms with van der Waals surface area (Å²) in [6, 6.07) is 16.9. The van der Waals surface area contributed by atoms with Crippen molar-refractivity contribution in [1.82, 2.24) is 0 Å². The lowest BCUT2D eigenvalue weighted by molar-refractivity contribution is 0.665. The van der Waals surface area contributed by atoms with Gasteiger partial charge in [-0.25, -0.2) is 0 Å². The second-order valence-electron chi connectivity index (χ2n) is 4.93. The van der Waals surface area contributed by atoms with E-state index < -0.39 is 0 Å². The van der Waals surface area contributed by atoms with Crippen molar-refractivity contribution in [2.75, 3.05) is 5.73 Å². The van der Waals surface area contributed by atoms with Gasteiger partial charge in [-0.2, -0.15) is 0 Å². The molecule has 0 aliphatic carbocycles. The summed E-state index contributed by atoms with van der Waals surface area (Å²) >= 11 is 0. The minimum absolute atomic E-state index is 0.649. The van der Waals surface area contributed by atoms with Crippen LogP contribution in [0, 0.1) is 0 Å². The van der Waals surface area contributed by atoms with Gasteiger partial charge in [-0.15, -0.1) is 0 Å². The van der Waals surface area contributed by atoms with E-state index in [1.165, 1.54) is 29.5 Å². The number of rotatable bonds is 4. The molecule has 1 atom stereocenters. The summed E-state index contributed by atoms with van der Waals surface area (Å²) in [7, 11) is 0. The predicted octanol–water partition coefficient (Wildman–Crippen LogP) is 4.84. The number of nitrogens with two attached hydrogens (primary N) is 1. The molecule has 0 fully saturated rings. The molecule has 0 radical (unpaired) electrons. The van der Waals surface area contributed by atoms with E-state index in [-0.39, 0.29) is 0 Å². The third-order valence-corrected chi connectivity index (χ3v) is 3.45. The van der Waals surface area contributed by atoms with E-state index in [1.54, 1.807) is 0 Å². The first-order valence-corrected chi connectivity index (χ1v) is 6.66. The summed E-state index contributed by atoms with van der Waals surface area (Å²) in [5, 5.41) is 0. The van der Waals surface area contributed by atoms with Gasteiger partial charge in [-0.1, -0.05) is 56.7 Å². The molecule has 94 valence electrons. The van der Waals surface area contributed by atoms with Crippen molar-refractivity contribution in [1.29, 1.82) is 0 Å². The molecule has 0 saturated carbocycles. The Morgan fingerprint density at radius 3 is 1.89 bits per heavy atom. The lowest BCUT2D eigenvalue weighted by Crippen LogP contribution is -1.92. The van der Waals surface area contributed by atoms with Gasteiger partial charge in [-0.3, -0.25) is 0 Å². The topological polar surface area (TPSA) is 26.0 Å². The highest BCUT2D eigenvalue weighted by molar-refractivity contribution is 5.65. The van der Waals surface area contributed by atoms with Crippen LogP contribution in [0.3, 0.4) is 0 Å². The maximum atomic E-state index is 5.70. The van der Waals surface area contributed by atoms with Crippen LogP contribution in [-0.4, -0.2) is 0 Å². The van der Waals surface area contributed by atoms with Crippen LogP contribution in [0.4, 0.5) is 5.69 Å². The molecule has 0 bridgehead atoms. The number of hydrogen-bond acceptors (Lipinski definition) is 1. The Morgan fingerprint density at radius 1 is 0.889 bits per heavy atom. The molecular formula is C17H21N. The van der Waals surface area contributed by atoms with Crippen molar-refractivity contribution in [2.45, 2.75) is 32.6 Å². The Labute approximate surface area is 110 Å². The van der Waals surface area contributed by atoms with Gasteiger partial charge in [0.15, 0.2) is 0 Å². The van der Waals surface area contributed by atoms with E-state index in [0.29, 0.717) is 5.92 Å². The highest BCUT2D eigenvalue weighted by Gasteiger charge is 2.04. The van der Waals surface area contributed by atoms with Gasteiger partial charge >= 0.3 is 0 Å². The molecule has 1 unspecified atom stereocenters. The smallest absolute Gasteiger partial charge is 0.0314 e. The number of nitrogen functional groups attached to an aromatic ring is 1.